The number of quaternary nitrogens is 1. The van der Waals surface area contributed by atoms with Crippen LogP contribution in [0.2, 0.25) is 0 Å². The predicted octanol–water partition coefficient (Wildman–Crippen LogP) is 15.2. The highest BCUT2D eigenvalue weighted by Crippen LogP contribution is 2.43. The van der Waals surface area contributed by atoms with Crippen molar-refractivity contribution in [1.82, 2.24) is 5.32 Å². The molecule has 0 aliphatic rings. The fourth-order valence-electron chi connectivity index (χ4n) is 7.51. The minimum absolute atomic E-state index is 0.0652. The van der Waals surface area contributed by atoms with Crippen LogP contribution in [-0.2, 0) is 18.4 Å². The summed E-state index contributed by atoms with van der Waals surface area (Å²) in [6.45, 7) is 4.75. The van der Waals surface area contributed by atoms with E-state index in [4.69, 9.17) is 9.05 Å². The Bertz CT molecular complexity index is 1150. The normalized spacial score (nSPS) is 14.5. The number of amides is 1. The Morgan fingerprint density at radius 1 is 0.565 bits per heavy atom. The molecule has 0 rings (SSSR count). The number of allylic oxidation sites excluding steroid dienone is 8. The lowest BCUT2D eigenvalue weighted by molar-refractivity contribution is -0.870. The molecule has 0 aliphatic carbocycles. The van der Waals surface area contributed by atoms with E-state index >= 15 is 0 Å². The number of phosphoric acid groups is 1. The first-order valence-electron chi connectivity index (χ1n) is 26.0. The summed E-state index contributed by atoms with van der Waals surface area (Å²) < 4.78 is 23.7. The molecule has 364 valence electrons. The van der Waals surface area contributed by atoms with E-state index in [0.717, 1.165) is 64.2 Å². The predicted molar refractivity (Wildman–Crippen MR) is 267 cm³/mol. The number of carbonyl (C=O) groups is 1. The topological polar surface area (TPSA) is 105 Å². The van der Waals surface area contributed by atoms with Gasteiger partial charge in [-0.3, -0.25) is 13.8 Å². The summed E-state index contributed by atoms with van der Waals surface area (Å²) in [7, 11) is 1.59. The van der Waals surface area contributed by atoms with Gasteiger partial charge in [0.05, 0.1) is 39.9 Å². The molecule has 1 amide bonds. The molecule has 0 saturated heterocycles. The van der Waals surface area contributed by atoms with E-state index in [1.165, 1.54) is 141 Å². The Morgan fingerprint density at radius 3 is 1.39 bits per heavy atom. The second-order valence-electron chi connectivity index (χ2n) is 18.9. The minimum atomic E-state index is -4.33. The first-order valence-corrected chi connectivity index (χ1v) is 27.5. The van der Waals surface area contributed by atoms with Crippen LogP contribution in [0.15, 0.2) is 48.6 Å². The molecule has 0 bridgehead atoms. The Labute approximate surface area is 384 Å². The van der Waals surface area contributed by atoms with Crippen LogP contribution >= 0.6 is 7.82 Å². The number of carbonyl (C=O) groups excluding carboxylic acids is 1. The highest BCUT2D eigenvalue weighted by atomic mass is 31.2. The fraction of sp³-hybridized carbons (Fsp3) is 0.830. The summed E-state index contributed by atoms with van der Waals surface area (Å²) in [5, 5.41) is 14.0. The molecule has 0 spiro atoms. The average Bonchev–Trinajstić information content (AvgIpc) is 3.23. The third-order valence-corrected chi connectivity index (χ3v) is 12.6. The van der Waals surface area contributed by atoms with Crippen LogP contribution < -0.4 is 5.32 Å². The number of aliphatic hydroxyl groups excluding tert-OH is 1. The van der Waals surface area contributed by atoms with E-state index in [2.05, 4.69) is 67.8 Å². The number of nitrogens with zero attached hydrogens (tertiary/aromatic N) is 1. The van der Waals surface area contributed by atoms with E-state index < -0.39 is 20.0 Å². The van der Waals surface area contributed by atoms with Gasteiger partial charge in [0.2, 0.25) is 5.91 Å². The molecule has 3 atom stereocenters. The summed E-state index contributed by atoms with van der Waals surface area (Å²) in [5.41, 5.74) is 0. The highest BCUT2D eigenvalue weighted by Gasteiger charge is 2.28. The zero-order valence-corrected chi connectivity index (χ0v) is 42.3. The van der Waals surface area contributed by atoms with Crippen molar-refractivity contribution in [3.8, 4) is 0 Å². The maximum absolute atomic E-state index is 12.9. The number of phosphoric ester groups is 1. The third-order valence-electron chi connectivity index (χ3n) is 11.6. The van der Waals surface area contributed by atoms with Crippen molar-refractivity contribution in [2.45, 2.75) is 244 Å². The Hall–Kier alpha value is -1.54. The van der Waals surface area contributed by atoms with Crippen LogP contribution in [0.5, 0.6) is 0 Å². The molecule has 0 fully saturated rings. The summed E-state index contributed by atoms with van der Waals surface area (Å²) in [6, 6.07) is -0.784. The third kappa shape index (κ3) is 46.5. The fourth-order valence-corrected chi connectivity index (χ4v) is 8.24. The zero-order chi connectivity index (χ0) is 45.7. The molecule has 0 aromatic rings. The Kier molecular flexibility index (Phi) is 43.5. The van der Waals surface area contributed by atoms with Gasteiger partial charge in [0.1, 0.15) is 13.2 Å². The molecule has 0 radical (unpaired) electrons. The van der Waals surface area contributed by atoms with Crippen LogP contribution in [0.3, 0.4) is 0 Å². The van der Waals surface area contributed by atoms with Crippen molar-refractivity contribution in [1.29, 1.82) is 0 Å². The molecule has 9 heteroatoms. The quantitative estimate of drug-likeness (QED) is 0.0243. The second-order valence-corrected chi connectivity index (χ2v) is 20.3. The molecule has 0 aromatic carbocycles. The average molecular weight is 894 g/mol. The minimum Gasteiger partial charge on any atom is -0.391 e. The van der Waals surface area contributed by atoms with Crippen LogP contribution in [-0.4, -0.2) is 73.4 Å². The highest BCUT2D eigenvalue weighted by molar-refractivity contribution is 7.47. The molecule has 0 saturated carbocycles. The smallest absolute Gasteiger partial charge is 0.391 e. The van der Waals surface area contributed by atoms with Crippen molar-refractivity contribution >= 4 is 13.7 Å². The number of hydrogen-bond donors (Lipinski definition) is 3. The van der Waals surface area contributed by atoms with Crippen LogP contribution in [0.1, 0.15) is 232 Å². The summed E-state index contributed by atoms with van der Waals surface area (Å²) in [5.74, 6) is -0.184. The van der Waals surface area contributed by atoms with Crippen molar-refractivity contribution < 1.29 is 32.9 Å². The Balaban J connectivity index is 4.22. The van der Waals surface area contributed by atoms with Gasteiger partial charge in [-0.15, -0.1) is 0 Å². The number of likely N-dealkylation sites (N-methyl/N-ethyl adjacent to an activating group) is 1. The standard InChI is InChI=1S/C53H101N2O6P/c1-6-8-10-12-14-16-18-20-22-23-24-25-26-27-28-29-30-31-33-34-36-38-40-42-44-46-52(56)51(50-61-62(58,59)60-49-48-55(3,4)5)54-53(57)47-45-43-41-39-37-35-32-21-19-17-15-13-11-9-7-2/h9,11,15,17,21,32,37,39,51-52,56H,6-8,10,12-14,16,18-20,22-31,33-36,38,40-50H2,1-5H3,(H-,54,57,58,59)/p+1/b11-9-,17-15-,32-21-,39-37-. The van der Waals surface area contributed by atoms with Crippen molar-refractivity contribution in [2.75, 3.05) is 40.9 Å². The first kappa shape index (κ1) is 60.5. The maximum Gasteiger partial charge on any atom is 0.472 e. The molecule has 3 N–H and O–H groups in total. The lowest BCUT2D eigenvalue weighted by Crippen LogP contribution is -2.46. The molecule has 8 nitrogen and oxygen atoms in total. The lowest BCUT2D eigenvalue weighted by Gasteiger charge is -2.26. The number of unbranched alkanes of at least 4 members (excludes halogenated alkanes) is 26. The Morgan fingerprint density at radius 2 is 0.968 bits per heavy atom. The van der Waals surface area contributed by atoms with Gasteiger partial charge >= 0.3 is 7.82 Å². The second kappa shape index (κ2) is 44.7. The SMILES string of the molecule is CC/C=C\C/C=C\C/C=C\C/C=C\CCCCC(=O)NC(COP(=O)(O)OCC[N+](C)(C)C)C(O)CCCCCCCCCCCCCCCCCCCCCCCCCCC. The molecule has 0 aliphatic heterocycles. The van der Waals surface area contributed by atoms with Gasteiger partial charge in [-0.25, -0.2) is 4.57 Å². The largest absolute Gasteiger partial charge is 0.472 e. The van der Waals surface area contributed by atoms with Gasteiger partial charge in [0.25, 0.3) is 0 Å². The molecular formula is C53H102N2O6P+. The van der Waals surface area contributed by atoms with Gasteiger partial charge in [0.15, 0.2) is 0 Å². The summed E-state index contributed by atoms with van der Waals surface area (Å²) >= 11 is 0. The van der Waals surface area contributed by atoms with Gasteiger partial charge in [-0.05, 0) is 51.4 Å². The monoisotopic (exact) mass is 894 g/mol. The number of aliphatic hydroxyl groups is 1. The molecule has 0 aromatic heterocycles. The van der Waals surface area contributed by atoms with E-state index in [0.29, 0.717) is 23.9 Å². The maximum atomic E-state index is 12.9. The number of hydrogen-bond acceptors (Lipinski definition) is 5. The van der Waals surface area contributed by atoms with Gasteiger partial charge in [-0.1, -0.05) is 223 Å². The van der Waals surface area contributed by atoms with Gasteiger partial charge < -0.3 is 19.8 Å². The van der Waals surface area contributed by atoms with E-state index in [1.807, 2.05) is 21.1 Å². The molecular weight excluding hydrogens is 792 g/mol. The van der Waals surface area contributed by atoms with Crippen LogP contribution in [0.25, 0.3) is 0 Å². The van der Waals surface area contributed by atoms with Crippen LogP contribution in [0.4, 0.5) is 0 Å². The van der Waals surface area contributed by atoms with E-state index in [9.17, 15) is 19.4 Å². The summed E-state index contributed by atoms with van der Waals surface area (Å²) in [6.07, 6.45) is 57.4. The molecule has 3 unspecified atom stereocenters. The zero-order valence-electron chi connectivity index (χ0n) is 41.4. The molecule has 62 heavy (non-hydrogen) atoms. The van der Waals surface area contributed by atoms with Gasteiger partial charge in [0, 0.05) is 6.42 Å². The first-order chi connectivity index (χ1) is 30.0. The van der Waals surface area contributed by atoms with Crippen molar-refractivity contribution in [2.24, 2.45) is 0 Å². The van der Waals surface area contributed by atoms with E-state index in [-0.39, 0.29) is 19.1 Å². The van der Waals surface area contributed by atoms with Crippen LogP contribution in [0, 0.1) is 0 Å². The number of rotatable bonds is 47. The summed E-state index contributed by atoms with van der Waals surface area (Å²) in [4.78, 5) is 23.2. The van der Waals surface area contributed by atoms with Gasteiger partial charge in [-0.2, -0.15) is 0 Å². The number of nitrogens with one attached hydrogen (secondary N) is 1. The van der Waals surface area contributed by atoms with Crippen molar-refractivity contribution in [3.05, 3.63) is 48.6 Å². The van der Waals surface area contributed by atoms with Crippen molar-refractivity contribution in [3.63, 3.8) is 0 Å². The van der Waals surface area contributed by atoms with E-state index in [1.54, 1.807) is 0 Å². The molecule has 0 heterocycles. The lowest BCUT2D eigenvalue weighted by atomic mass is 10.0.